The Balaban J connectivity index is 1.63. The standard InChI is InChI=1S/C21H20N2O2/c1-15-5-7-17(8-6-15)16(2)23-21(24)18-9-11-19(12-10-18)25-20-4-3-13-22-14-20/h3-14,16H,1-2H3,(H,23,24). The summed E-state index contributed by atoms with van der Waals surface area (Å²) in [6, 6.07) is 18.8. The fraction of sp³-hybridized carbons (Fsp3) is 0.143. The highest BCUT2D eigenvalue weighted by Gasteiger charge is 2.11. The van der Waals surface area contributed by atoms with E-state index in [0.29, 0.717) is 17.1 Å². The summed E-state index contributed by atoms with van der Waals surface area (Å²) < 4.78 is 5.68. The van der Waals surface area contributed by atoms with Crippen LogP contribution in [0.3, 0.4) is 0 Å². The van der Waals surface area contributed by atoms with Gasteiger partial charge in [-0.15, -0.1) is 0 Å². The van der Waals surface area contributed by atoms with Crippen molar-refractivity contribution in [1.82, 2.24) is 10.3 Å². The van der Waals surface area contributed by atoms with Crippen LogP contribution in [0.2, 0.25) is 0 Å². The number of rotatable bonds is 5. The molecular weight excluding hydrogens is 312 g/mol. The van der Waals surface area contributed by atoms with Gasteiger partial charge in [0, 0.05) is 11.8 Å². The summed E-state index contributed by atoms with van der Waals surface area (Å²) in [6.07, 6.45) is 3.33. The number of carbonyl (C=O) groups excluding carboxylic acids is 1. The van der Waals surface area contributed by atoms with E-state index in [4.69, 9.17) is 4.74 Å². The molecule has 126 valence electrons. The van der Waals surface area contributed by atoms with E-state index in [9.17, 15) is 4.79 Å². The molecule has 1 atom stereocenters. The maximum absolute atomic E-state index is 12.4. The maximum atomic E-state index is 12.4. The Morgan fingerprint density at radius 3 is 2.36 bits per heavy atom. The molecule has 1 amide bonds. The molecule has 0 spiro atoms. The molecule has 3 aromatic rings. The molecule has 0 aliphatic heterocycles. The summed E-state index contributed by atoms with van der Waals surface area (Å²) in [6.45, 7) is 4.02. The van der Waals surface area contributed by atoms with Gasteiger partial charge >= 0.3 is 0 Å². The number of aromatic nitrogens is 1. The van der Waals surface area contributed by atoms with E-state index in [0.717, 1.165) is 5.56 Å². The van der Waals surface area contributed by atoms with Crippen LogP contribution < -0.4 is 10.1 Å². The third-order valence-corrected chi connectivity index (χ3v) is 3.91. The number of hydrogen-bond acceptors (Lipinski definition) is 3. The van der Waals surface area contributed by atoms with Crippen LogP contribution in [0.5, 0.6) is 11.5 Å². The van der Waals surface area contributed by atoms with Gasteiger partial charge in [0.25, 0.3) is 5.91 Å². The number of nitrogens with one attached hydrogen (secondary N) is 1. The van der Waals surface area contributed by atoms with E-state index in [1.54, 1.807) is 36.7 Å². The average Bonchev–Trinajstić information content (AvgIpc) is 2.63. The van der Waals surface area contributed by atoms with E-state index in [1.165, 1.54) is 5.56 Å². The van der Waals surface area contributed by atoms with Crippen molar-refractivity contribution in [3.8, 4) is 11.5 Å². The van der Waals surface area contributed by atoms with Crippen LogP contribution in [-0.4, -0.2) is 10.9 Å². The Morgan fingerprint density at radius 1 is 1.00 bits per heavy atom. The van der Waals surface area contributed by atoms with E-state index in [-0.39, 0.29) is 11.9 Å². The van der Waals surface area contributed by atoms with Crippen LogP contribution in [0.25, 0.3) is 0 Å². The van der Waals surface area contributed by atoms with Crippen LogP contribution >= 0.6 is 0 Å². The molecule has 0 radical (unpaired) electrons. The highest BCUT2D eigenvalue weighted by Crippen LogP contribution is 2.21. The van der Waals surface area contributed by atoms with Crippen molar-refractivity contribution in [2.45, 2.75) is 19.9 Å². The number of pyridine rings is 1. The second kappa shape index (κ2) is 7.62. The van der Waals surface area contributed by atoms with Crippen molar-refractivity contribution in [3.05, 3.63) is 89.7 Å². The van der Waals surface area contributed by atoms with Crippen LogP contribution in [0, 0.1) is 6.92 Å². The minimum atomic E-state index is -0.110. The molecule has 0 aliphatic rings. The molecule has 1 heterocycles. The molecule has 1 aromatic heterocycles. The Labute approximate surface area is 147 Å². The van der Waals surface area contributed by atoms with Gasteiger partial charge < -0.3 is 10.1 Å². The smallest absolute Gasteiger partial charge is 0.251 e. The van der Waals surface area contributed by atoms with Gasteiger partial charge in [-0.05, 0) is 55.8 Å². The molecule has 0 fully saturated rings. The SMILES string of the molecule is Cc1ccc(C(C)NC(=O)c2ccc(Oc3cccnc3)cc2)cc1. The van der Waals surface area contributed by atoms with Gasteiger partial charge in [-0.3, -0.25) is 9.78 Å². The van der Waals surface area contributed by atoms with E-state index >= 15 is 0 Å². The highest BCUT2D eigenvalue weighted by molar-refractivity contribution is 5.94. The first-order chi connectivity index (χ1) is 12.1. The lowest BCUT2D eigenvalue weighted by Gasteiger charge is -2.15. The Bertz CT molecular complexity index is 828. The molecule has 4 nitrogen and oxygen atoms in total. The molecule has 2 aromatic carbocycles. The Kier molecular flexibility index (Phi) is 5.09. The molecular formula is C21H20N2O2. The number of benzene rings is 2. The Morgan fingerprint density at radius 2 is 1.72 bits per heavy atom. The van der Waals surface area contributed by atoms with Gasteiger partial charge in [-0.2, -0.15) is 0 Å². The number of hydrogen-bond donors (Lipinski definition) is 1. The second-order valence-corrected chi connectivity index (χ2v) is 5.92. The van der Waals surface area contributed by atoms with E-state index < -0.39 is 0 Å². The molecule has 0 saturated carbocycles. The average molecular weight is 332 g/mol. The van der Waals surface area contributed by atoms with E-state index in [2.05, 4.69) is 10.3 Å². The van der Waals surface area contributed by atoms with Crippen LogP contribution in [0.4, 0.5) is 0 Å². The summed E-state index contributed by atoms with van der Waals surface area (Å²) in [5, 5.41) is 3.01. The third kappa shape index (κ3) is 4.44. The predicted octanol–water partition coefficient (Wildman–Crippen LogP) is 4.67. The lowest BCUT2D eigenvalue weighted by atomic mass is 10.1. The molecule has 0 saturated heterocycles. The van der Waals surface area contributed by atoms with Crippen molar-refractivity contribution < 1.29 is 9.53 Å². The zero-order valence-corrected chi connectivity index (χ0v) is 14.3. The summed E-state index contributed by atoms with van der Waals surface area (Å²) in [4.78, 5) is 16.4. The normalized spacial score (nSPS) is 11.6. The summed E-state index contributed by atoms with van der Waals surface area (Å²) in [5.74, 6) is 1.21. The lowest BCUT2D eigenvalue weighted by Crippen LogP contribution is -2.26. The van der Waals surface area contributed by atoms with Crippen molar-refractivity contribution in [3.63, 3.8) is 0 Å². The molecule has 3 rings (SSSR count). The van der Waals surface area contributed by atoms with Gasteiger partial charge in [-0.25, -0.2) is 0 Å². The minimum absolute atomic E-state index is 0.0561. The summed E-state index contributed by atoms with van der Waals surface area (Å²) in [5.41, 5.74) is 2.87. The molecule has 1 N–H and O–H groups in total. The van der Waals surface area contributed by atoms with Gasteiger partial charge in [0.2, 0.25) is 0 Å². The van der Waals surface area contributed by atoms with E-state index in [1.807, 2.05) is 50.2 Å². The van der Waals surface area contributed by atoms with Crippen LogP contribution in [0.15, 0.2) is 73.1 Å². The van der Waals surface area contributed by atoms with Crippen molar-refractivity contribution in [2.75, 3.05) is 0 Å². The highest BCUT2D eigenvalue weighted by atomic mass is 16.5. The van der Waals surface area contributed by atoms with Gasteiger partial charge in [0.15, 0.2) is 0 Å². The second-order valence-electron chi connectivity index (χ2n) is 5.92. The minimum Gasteiger partial charge on any atom is -0.456 e. The van der Waals surface area contributed by atoms with Gasteiger partial charge in [-0.1, -0.05) is 29.8 Å². The Hall–Kier alpha value is -3.14. The number of carbonyl (C=O) groups is 1. The third-order valence-electron chi connectivity index (χ3n) is 3.91. The molecule has 1 unspecified atom stereocenters. The topological polar surface area (TPSA) is 51.2 Å². The van der Waals surface area contributed by atoms with Crippen molar-refractivity contribution >= 4 is 5.91 Å². The zero-order chi connectivity index (χ0) is 17.6. The number of amides is 1. The number of ether oxygens (including phenoxy) is 1. The predicted molar refractivity (Wildman–Crippen MR) is 97.8 cm³/mol. The van der Waals surface area contributed by atoms with Crippen molar-refractivity contribution in [1.29, 1.82) is 0 Å². The zero-order valence-electron chi connectivity index (χ0n) is 14.3. The van der Waals surface area contributed by atoms with Gasteiger partial charge in [0.05, 0.1) is 12.2 Å². The number of nitrogens with zero attached hydrogens (tertiary/aromatic N) is 1. The van der Waals surface area contributed by atoms with Crippen LogP contribution in [0.1, 0.15) is 34.5 Å². The monoisotopic (exact) mass is 332 g/mol. The quantitative estimate of drug-likeness (QED) is 0.738. The summed E-state index contributed by atoms with van der Waals surface area (Å²) in [7, 11) is 0. The molecule has 25 heavy (non-hydrogen) atoms. The summed E-state index contributed by atoms with van der Waals surface area (Å²) >= 11 is 0. The first-order valence-corrected chi connectivity index (χ1v) is 8.17. The number of aryl methyl sites for hydroxylation is 1. The fourth-order valence-corrected chi connectivity index (χ4v) is 2.44. The fourth-order valence-electron chi connectivity index (χ4n) is 2.44. The molecule has 4 heteroatoms. The maximum Gasteiger partial charge on any atom is 0.251 e. The molecule has 0 bridgehead atoms. The first kappa shape index (κ1) is 16.7. The largest absolute Gasteiger partial charge is 0.456 e. The molecule has 0 aliphatic carbocycles. The first-order valence-electron chi connectivity index (χ1n) is 8.17. The lowest BCUT2D eigenvalue weighted by molar-refractivity contribution is 0.0940. The van der Waals surface area contributed by atoms with Gasteiger partial charge in [0.1, 0.15) is 11.5 Å². The van der Waals surface area contributed by atoms with Crippen LogP contribution in [-0.2, 0) is 0 Å². The van der Waals surface area contributed by atoms with Crippen molar-refractivity contribution in [2.24, 2.45) is 0 Å².